The van der Waals surface area contributed by atoms with Gasteiger partial charge in [0.05, 0.1) is 0 Å². The molecule has 1 aliphatic carbocycles. The van der Waals surface area contributed by atoms with Crippen molar-refractivity contribution in [1.82, 2.24) is 15.3 Å². The predicted octanol–water partition coefficient (Wildman–Crippen LogP) is 4.81. The van der Waals surface area contributed by atoms with E-state index in [1.807, 2.05) is 36.7 Å². The van der Waals surface area contributed by atoms with Crippen molar-refractivity contribution in [3.8, 4) is 11.1 Å². The third-order valence-electron chi connectivity index (χ3n) is 5.11. The summed E-state index contributed by atoms with van der Waals surface area (Å²) in [5.74, 6) is 0.667. The molecule has 0 aliphatic heterocycles. The van der Waals surface area contributed by atoms with Gasteiger partial charge in [-0.05, 0) is 37.0 Å². The fourth-order valence-electron chi connectivity index (χ4n) is 3.50. The first-order chi connectivity index (χ1) is 13.3. The van der Waals surface area contributed by atoms with Crippen molar-refractivity contribution in [2.75, 3.05) is 11.9 Å². The van der Waals surface area contributed by atoms with E-state index in [-0.39, 0.29) is 5.91 Å². The molecule has 1 aromatic carbocycles. The van der Waals surface area contributed by atoms with Crippen LogP contribution in [0, 0.1) is 0 Å². The van der Waals surface area contributed by atoms with Crippen LogP contribution in [0.15, 0.2) is 36.7 Å². The quantitative estimate of drug-likeness (QED) is 0.658. The molecule has 1 aliphatic rings. The van der Waals surface area contributed by atoms with Crippen molar-refractivity contribution in [2.24, 2.45) is 0 Å². The minimum absolute atomic E-state index is 0.0237. The third kappa shape index (κ3) is 5.78. The van der Waals surface area contributed by atoms with Crippen LogP contribution in [0.2, 0.25) is 0 Å². The lowest BCUT2D eigenvalue weighted by Crippen LogP contribution is -2.24. The Morgan fingerprint density at radius 2 is 1.85 bits per heavy atom. The lowest BCUT2D eigenvalue weighted by Gasteiger charge is -2.22. The maximum atomic E-state index is 12.3. The summed E-state index contributed by atoms with van der Waals surface area (Å²) < 4.78 is 0. The van der Waals surface area contributed by atoms with E-state index in [4.69, 9.17) is 0 Å². The van der Waals surface area contributed by atoms with Crippen LogP contribution in [0.1, 0.15) is 68.6 Å². The van der Waals surface area contributed by atoms with Gasteiger partial charge in [0.1, 0.15) is 0 Å². The molecule has 2 N–H and O–H groups in total. The highest BCUT2D eigenvalue weighted by molar-refractivity contribution is 5.95. The molecule has 1 aromatic heterocycles. The standard InChI is InChI=1S/C22H30N4O/c1-2-3-7-13-23-21(27)18-10-8-9-17(14-18)19-15-24-22(25-16-19)26-20-11-5-4-6-12-20/h8-10,14-16,20H,2-7,11-13H2,1H3,(H,23,27)(H,24,25,26). The molecular formula is C22H30N4O. The SMILES string of the molecule is CCCCCNC(=O)c1cccc(-c2cnc(NC3CCCCC3)nc2)c1. The van der Waals surface area contributed by atoms with Crippen LogP contribution < -0.4 is 10.6 Å². The first-order valence-electron chi connectivity index (χ1n) is 10.2. The van der Waals surface area contributed by atoms with Gasteiger partial charge in [-0.3, -0.25) is 4.79 Å². The smallest absolute Gasteiger partial charge is 0.251 e. The van der Waals surface area contributed by atoms with Gasteiger partial charge >= 0.3 is 0 Å². The highest BCUT2D eigenvalue weighted by atomic mass is 16.1. The van der Waals surface area contributed by atoms with E-state index in [2.05, 4.69) is 27.5 Å². The van der Waals surface area contributed by atoms with Crippen LogP contribution in [0.25, 0.3) is 11.1 Å². The van der Waals surface area contributed by atoms with E-state index < -0.39 is 0 Å². The number of carbonyl (C=O) groups is 1. The third-order valence-corrected chi connectivity index (χ3v) is 5.11. The van der Waals surface area contributed by atoms with E-state index in [1.54, 1.807) is 0 Å². The molecule has 0 saturated heterocycles. The van der Waals surface area contributed by atoms with E-state index >= 15 is 0 Å². The van der Waals surface area contributed by atoms with E-state index in [0.717, 1.165) is 36.9 Å². The zero-order chi connectivity index (χ0) is 18.9. The Balaban J connectivity index is 1.61. The Morgan fingerprint density at radius 1 is 1.07 bits per heavy atom. The molecule has 5 heteroatoms. The van der Waals surface area contributed by atoms with Gasteiger partial charge in [-0.25, -0.2) is 9.97 Å². The fourth-order valence-corrected chi connectivity index (χ4v) is 3.50. The highest BCUT2D eigenvalue weighted by Crippen LogP contribution is 2.22. The lowest BCUT2D eigenvalue weighted by molar-refractivity contribution is 0.0953. The number of aromatic nitrogens is 2. The van der Waals surface area contributed by atoms with Crippen molar-refractivity contribution < 1.29 is 4.79 Å². The van der Waals surface area contributed by atoms with Crippen molar-refractivity contribution in [1.29, 1.82) is 0 Å². The highest BCUT2D eigenvalue weighted by Gasteiger charge is 2.14. The van der Waals surface area contributed by atoms with Crippen molar-refractivity contribution >= 4 is 11.9 Å². The maximum Gasteiger partial charge on any atom is 0.251 e. The number of rotatable bonds is 8. The minimum Gasteiger partial charge on any atom is -0.352 e. The van der Waals surface area contributed by atoms with Gasteiger partial charge in [0, 0.05) is 36.1 Å². The molecule has 1 fully saturated rings. The summed E-state index contributed by atoms with van der Waals surface area (Å²) in [5, 5.41) is 6.42. The number of nitrogens with zero attached hydrogens (tertiary/aromatic N) is 2. The minimum atomic E-state index is -0.0237. The zero-order valence-electron chi connectivity index (χ0n) is 16.2. The van der Waals surface area contributed by atoms with Gasteiger partial charge in [-0.15, -0.1) is 0 Å². The van der Waals surface area contributed by atoms with Crippen molar-refractivity contribution in [3.63, 3.8) is 0 Å². The first-order valence-corrected chi connectivity index (χ1v) is 10.2. The Morgan fingerprint density at radius 3 is 2.59 bits per heavy atom. The number of benzene rings is 1. The Kier molecular flexibility index (Phi) is 7.19. The molecule has 0 spiro atoms. The van der Waals surface area contributed by atoms with Gasteiger partial charge in [-0.1, -0.05) is 51.2 Å². The molecular weight excluding hydrogens is 336 g/mol. The second-order valence-electron chi connectivity index (χ2n) is 7.32. The lowest BCUT2D eigenvalue weighted by atomic mass is 9.96. The van der Waals surface area contributed by atoms with Crippen LogP contribution >= 0.6 is 0 Å². The molecule has 144 valence electrons. The molecule has 0 unspecified atom stereocenters. The molecule has 1 amide bonds. The van der Waals surface area contributed by atoms with Gasteiger partial charge in [0.25, 0.3) is 5.91 Å². The van der Waals surface area contributed by atoms with Crippen LogP contribution in [-0.4, -0.2) is 28.5 Å². The van der Waals surface area contributed by atoms with Crippen LogP contribution in [-0.2, 0) is 0 Å². The largest absolute Gasteiger partial charge is 0.352 e. The summed E-state index contributed by atoms with van der Waals surface area (Å²) in [6, 6.07) is 8.13. The number of hydrogen-bond donors (Lipinski definition) is 2. The average molecular weight is 367 g/mol. The van der Waals surface area contributed by atoms with E-state index in [9.17, 15) is 4.79 Å². The molecule has 5 nitrogen and oxygen atoms in total. The van der Waals surface area contributed by atoms with Crippen LogP contribution in [0.5, 0.6) is 0 Å². The molecule has 0 radical (unpaired) electrons. The molecule has 0 bridgehead atoms. The topological polar surface area (TPSA) is 66.9 Å². The number of unbranched alkanes of at least 4 members (excludes halogenated alkanes) is 2. The fraction of sp³-hybridized carbons (Fsp3) is 0.500. The summed E-state index contributed by atoms with van der Waals surface area (Å²) in [4.78, 5) is 21.3. The zero-order valence-corrected chi connectivity index (χ0v) is 16.2. The second kappa shape index (κ2) is 10.0. The normalized spacial score (nSPS) is 14.7. The van der Waals surface area contributed by atoms with E-state index in [1.165, 1.54) is 32.1 Å². The summed E-state index contributed by atoms with van der Waals surface area (Å²) in [6.07, 6.45) is 13.3. The summed E-state index contributed by atoms with van der Waals surface area (Å²) >= 11 is 0. The molecule has 0 atom stereocenters. The number of amides is 1. The molecule has 27 heavy (non-hydrogen) atoms. The summed E-state index contributed by atoms with van der Waals surface area (Å²) in [5.41, 5.74) is 2.55. The summed E-state index contributed by atoms with van der Waals surface area (Å²) in [6.45, 7) is 2.88. The number of anilines is 1. The number of nitrogens with one attached hydrogen (secondary N) is 2. The second-order valence-corrected chi connectivity index (χ2v) is 7.32. The van der Waals surface area contributed by atoms with Gasteiger partial charge in [0.2, 0.25) is 5.95 Å². The predicted molar refractivity (Wildman–Crippen MR) is 110 cm³/mol. The van der Waals surface area contributed by atoms with Crippen molar-refractivity contribution in [3.05, 3.63) is 42.2 Å². The first kappa shape index (κ1) is 19.3. The van der Waals surface area contributed by atoms with Crippen LogP contribution in [0.4, 0.5) is 5.95 Å². The molecule has 2 aromatic rings. The average Bonchev–Trinajstić information content (AvgIpc) is 2.72. The maximum absolute atomic E-state index is 12.3. The van der Waals surface area contributed by atoms with Crippen LogP contribution in [0.3, 0.4) is 0 Å². The molecule has 1 heterocycles. The van der Waals surface area contributed by atoms with Crippen molar-refractivity contribution in [2.45, 2.75) is 64.3 Å². The molecule has 3 rings (SSSR count). The van der Waals surface area contributed by atoms with E-state index in [0.29, 0.717) is 17.6 Å². The Bertz CT molecular complexity index is 723. The van der Waals surface area contributed by atoms with Gasteiger partial charge in [0.15, 0.2) is 0 Å². The Labute approximate surface area is 162 Å². The van der Waals surface area contributed by atoms with Gasteiger partial charge in [-0.2, -0.15) is 0 Å². The number of carbonyl (C=O) groups excluding carboxylic acids is 1. The summed E-state index contributed by atoms with van der Waals surface area (Å²) in [7, 11) is 0. The number of hydrogen-bond acceptors (Lipinski definition) is 4. The monoisotopic (exact) mass is 366 g/mol. The Hall–Kier alpha value is -2.43. The molecule has 1 saturated carbocycles. The van der Waals surface area contributed by atoms with Gasteiger partial charge < -0.3 is 10.6 Å².